The smallest absolute Gasteiger partial charge is 0.444 e. The van der Waals surface area contributed by atoms with Crippen molar-refractivity contribution in [3.05, 3.63) is 0 Å². The van der Waals surface area contributed by atoms with E-state index in [1.807, 2.05) is 0 Å². The molecule has 4 N–H and O–H groups in total. The minimum absolute atomic E-state index is 0.839. The first-order chi connectivity index (χ1) is 10.5. The second kappa shape index (κ2) is 5.74. The summed E-state index contributed by atoms with van der Waals surface area (Å²) in [7, 11) is 0. The van der Waals surface area contributed by atoms with Crippen LogP contribution < -0.4 is 0 Å². The van der Waals surface area contributed by atoms with Gasteiger partial charge in [0.15, 0.2) is 0 Å². The van der Waals surface area contributed by atoms with Crippen LogP contribution in [0.2, 0.25) is 0 Å². The van der Waals surface area contributed by atoms with E-state index in [0.29, 0.717) is 0 Å². The van der Waals surface area contributed by atoms with Crippen LogP contribution in [0.25, 0.3) is 0 Å². The molecule has 0 aromatic carbocycles. The minimum Gasteiger partial charge on any atom is -0.481 e. The van der Waals surface area contributed by atoms with Gasteiger partial charge in [-0.3, -0.25) is 9.59 Å². The van der Waals surface area contributed by atoms with Crippen LogP contribution in [-0.4, -0.2) is 56.3 Å². The van der Waals surface area contributed by atoms with Crippen molar-refractivity contribution in [1.82, 2.24) is 0 Å². The standard InChI is InChI=1S/C11H12F6O7/c1-2-3-4(6(18)19)8(22,10(12,13)14)24-9(23,11(15,16)17)5(3)7(20)21/h3-5,22-23H,2H2,1H3,(H,18,19)(H,20,21). The summed E-state index contributed by atoms with van der Waals surface area (Å²) >= 11 is 0. The number of carboxylic acids is 2. The molecule has 0 aliphatic carbocycles. The quantitative estimate of drug-likeness (QED) is 0.545. The number of hydrogen-bond acceptors (Lipinski definition) is 5. The van der Waals surface area contributed by atoms with Crippen molar-refractivity contribution in [2.24, 2.45) is 17.8 Å². The molecule has 13 heteroatoms. The number of hydrogen-bond donors (Lipinski definition) is 4. The third kappa shape index (κ3) is 2.80. The Labute approximate surface area is 129 Å². The second-order valence-corrected chi connectivity index (χ2v) is 5.19. The van der Waals surface area contributed by atoms with Crippen LogP contribution in [-0.2, 0) is 14.3 Å². The number of ether oxygens (including phenoxy) is 1. The first-order valence-electron chi connectivity index (χ1n) is 6.28. The van der Waals surface area contributed by atoms with Crippen LogP contribution in [0.4, 0.5) is 26.3 Å². The van der Waals surface area contributed by atoms with Gasteiger partial charge in [0, 0.05) is 0 Å². The lowest BCUT2D eigenvalue weighted by Crippen LogP contribution is -2.74. The predicted molar refractivity (Wildman–Crippen MR) is 59.1 cm³/mol. The molecule has 1 aliphatic heterocycles. The van der Waals surface area contributed by atoms with E-state index < -0.39 is 60.0 Å². The Hall–Kier alpha value is -1.60. The molecule has 0 bridgehead atoms. The summed E-state index contributed by atoms with van der Waals surface area (Å²) in [6, 6.07) is 0. The molecule has 1 heterocycles. The number of alkyl halides is 6. The molecule has 0 amide bonds. The fraction of sp³-hybridized carbons (Fsp3) is 0.818. The summed E-state index contributed by atoms with van der Waals surface area (Å²) in [6.45, 7) is 0.912. The molecule has 140 valence electrons. The van der Waals surface area contributed by atoms with Gasteiger partial charge in [0.05, 0.1) is 0 Å². The van der Waals surface area contributed by atoms with E-state index in [1.54, 1.807) is 0 Å². The molecule has 0 aromatic rings. The number of carboxylic acid groups (broad SMARTS) is 2. The van der Waals surface area contributed by atoms with Crippen LogP contribution in [0.5, 0.6) is 0 Å². The summed E-state index contributed by atoms with van der Waals surface area (Å²) in [5.74, 6) is -23.4. The predicted octanol–water partition coefficient (Wildman–Crippen LogP) is 0.946. The average molecular weight is 370 g/mol. The molecular weight excluding hydrogens is 358 g/mol. The zero-order valence-electron chi connectivity index (χ0n) is 11.7. The van der Waals surface area contributed by atoms with Crippen LogP contribution in [0, 0.1) is 17.8 Å². The number of carbonyl (C=O) groups is 2. The maximum Gasteiger partial charge on any atom is 0.444 e. The highest BCUT2D eigenvalue weighted by atomic mass is 19.4. The molecule has 0 aromatic heterocycles. The molecule has 24 heavy (non-hydrogen) atoms. The first-order valence-corrected chi connectivity index (χ1v) is 6.28. The van der Waals surface area contributed by atoms with Crippen molar-refractivity contribution in [3.63, 3.8) is 0 Å². The number of rotatable bonds is 3. The van der Waals surface area contributed by atoms with E-state index in [1.165, 1.54) is 0 Å². The molecule has 0 saturated carbocycles. The van der Waals surface area contributed by atoms with Gasteiger partial charge in [0.25, 0.3) is 11.6 Å². The Bertz CT molecular complexity index is 488. The molecule has 0 spiro atoms. The van der Waals surface area contributed by atoms with Crippen molar-refractivity contribution >= 4 is 11.9 Å². The monoisotopic (exact) mass is 370 g/mol. The van der Waals surface area contributed by atoms with Crippen LogP contribution >= 0.6 is 0 Å². The lowest BCUT2D eigenvalue weighted by molar-refractivity contribution is -0.511. The second-order valence-electron chi connectivity index (χ2n) is 5.19. The SMILES string of the molecule is CCC1C(C(=O)O)C(O)(C(F)(F)F)OC(O)(C(F)(F)F)C1C(=O)O. The highest BCUT2D eigenvalue weighted by molar-refractivity contribution is 5.77. The average Bonchev–Trinajstić information content (AvgIpc) is 2.33. The van der Waals surface area contributed by atoms with E-state index in [4.69, 9.17) is 10.2 Å². The van der Waals surface area contributed by atoms with Crippen molar-refractivity contribution in [1.29, 1.82) is 0 Å². The maximum atomic E-state index is 13.0. The van der Waals surface area contributed by atoms with Gasteiger partial charge in [-0.15, -0.1) is 0 Å². The van der Waals surface area contributed by atoms with Crippen molar-refractivity contribution in [3.8, 4) is 0 Å². The number of aliphatic carboxylic acids is 2. The zero-order valence-corrected chi connectivity index (χ0v) is 11.7. The molecular formula is C11H12F6O7. The largest absolute Gasteiger partial charge is 0.481 e. The van der Waals surface area contributed by atoms with Crippen molar-refractivity contribution < 1.29 is 61.1 Å². The summed E-state index contributed by atoms with van der Waals surface area (Å²) in [5, 5.41) is 36.9. The third-order valence-corrected chi connectivity index (χ3v) is 3.83. The summed E-state index contributed by atoms with van der Waals surface area (Å²) in [6.07, 6.45) is -13.0. The fourth-order valence-corrected chi connectivity index (χ4v) is 2.78. The van der Waals surface area contributed by atoms with E-state index >= 15 is 0 Å². The molecule has 1 aliphatic rings. The molecule has 1 fully saturated rings. The Morgan fingerprint density at radius 1 is 0.917 bits per heavy atom. The third-order valence-electron chi connectivity index (χ3n) is 3.83. The Balaban J connectivity index is 3.75. The van der Waals surface area contributed by atoms with Crippen molar-refractivity contribution in [2.75, 3.05) is 0 Å². The molecule has 7 nitrogen and oxygen atoms in total. The number of halogens is 6. The van der Waals surface area contributed by atoms with Crippen molar-refractivity contribution in [2.45, 2.75) is 37.3 Å². The van der Waals surface area contributed by atoms with Gasteiger partial charge in [0.1, 0.15) is 11.8 Å². The summed E-state index contributed by atoms with van der Waals surface area (Å²) in [5.41, 5.74) is 0. The van der Waals surface area contributed by atoms with Gasteiger partial charge >= 0.3 is 24.3 Å². The van der Waals surface area contributed by atoms with Gasteiger partial charge in [-0.05, 0) is 5.92 Å². The molecule has 1 rings (SSSR count). The summed E-state index contributed by atoms with van der Waals surface area (Å²) in [4.78, 5) is 22.2. The molecule has 4 unspecified atom stereocenters. The maximum absolute atomic E-state index is 13.0. The Kier molecular flexibility index (Phi) is 4.89. The summed E-state index contributed by atoms with van der Waals surface area (Å²) < 4.78 is 81.6. The van der Waals surface area contributed by atoms with E-state index in [9.17, 15) is 46.1 Å². The van der Waals surface area contributed by atoms with Crippen LogP contribution in [0.15, 0.2) is 0 Å². The van der Waals surface area contributed by atoms with Gasteiger partial charge < -0.3 is 25.2 Å². The highest BCUT2D eigenvalue weighted by Gasteiger charge is 2.79. The van der Waals surface area contributed by atoms with Gasteiger partial charge in [-0.25, -0.2) is 0 Å². The van der Waals surface area contributed by atoms with E-state index in [2.05, 4.69) is 4.74 Å². The minimum atomic E-state index is -6.06. The van der Waals surface area contributed by atoms with Gasteiger partial charge in [0.2, 0.25) is 0 Å². The topological polar surface area (TPSA) is 124 Å². The Morgan fingerprint density at radius 3 is 1.38 bits per heavy atom. The highest BCUT2D eigenvalue weighted by Crippen LogP contribution is 2.56. The van der Waals surface area contributed by atoms with Crippen LogP contribution in [0.1, 0.15) is 13.3 Å². The lowest BCUT2D eigenvalue weighted by Gasteiger charge is -2.52. The molecule has 0 radical (unpaired) electrons. The van der Waals surface area contributed by atoms with Gasteiger partial charge in [-0.1, -0.05) is 13.3 Å². The lowest BCUT2D eigenvalue weighted by atomic mass is 9.68. The van der Waals surface area contributed by atoms with Crippen LogP contribution in [0.3, 0.4) is 0 Å². The molecule has 1 saturated heterocycles. The number of aliphatic hydroxyl groups is 2. The normalized spacial score (nSPS) is 38.0. The van der Waals surface area contributed by atoms with E-state index in [-0.39, 0.29) is 0 Å². The first kappa shape index (κ1) is 20.4. The van der Waals surface area contributed by atoms with E-state index in [0.717, 1.165) is 6.92 Å². The Morgan fingerprint density at radius 2 is 1.21 bits per heavy atom. The molecule has 4 atom stereocenters. The zero-order chi connectivity index (χ0) is 19.3. The fourth-order valence-electron chi connectivity index (χ4n) is 2.78. The van der Waals surface area contributed by atoms with Gasteiger partial charge in [-0.2, -0.15) is 26.3 Å².